The number of ether oxygens (including phenoxy) is 2. The number of hydrogen-bond donors (Lipinski definition) is 1. The van der Waals surface area contributed by atoms with Gasteiger partial charge in [0, 0.05) is 18.8 Å². The normalized spacial score (nSPS) is 10.7. The molecule has 0 atom stereocenters. The quantitative estimate of drug-likeness (QED) is 0.663. The molecule has 0 fully saturated rings. The van der Waals surface area contributed by atoms with Crippen molar-refractivity contribution in [2.24, 2.45) is 4.99 Å². The van der Waals surface area contributed by atoms with Crippen molar-refractivity contribution >= 4 is 39.4 Å². The fourth-order valence-corrected chi connectivity index (χ4v) is 2.77. The van der Waals surface area contributed by atoms with E-state index in [-0.39, 0.29) is 5.91 Å². The summed E-state index contributed by atoms with van der Waals surface area (Å²) in [5.74, 6) is 1.28. The van der Waals surface area contributed by atoms with E-state index >= 15 is 0 Å². The fraction of sp³-hybridized carbons (Fsp3) is 0.263. The van der Waals surface area contributed by atoms with Crippen molar-refractivity contribution in [2.45, 2.75) is 20.8 Å². The Bertz CT molecular complexity index is 758. The van der Waals surface area contributed by atoms with Gasteiger partial charge in [0.05, 0.1) is 23.4 Å². The van der Waals surface area contributed by atoms with E-state index in [1.165, 1.54) is 6.92 Å². The minimum absolute atomic E-state index is 0.0982. The van der Waals surface area contributed by atoms with E-state index < -0.39 is 0 Å². The summed E-state index contributed by atoms with van der Waals surface area (Å²) in [5.41, 5.74) is 2.43. The molecule has 132 valence electrons. The topological polar surface area (TPSA) is 59.9 Å². The minimum atomic E-state index is -0.0982. The van der Waals surface area contributed by atoms with E-state index in [0.29, 0.717) is 24.7 Å². The lowest BCUT2D eigenvalue weighted by Gasteiger charge is -2.13. The Kier molecular flexibility index (Phi) is 7.01. The van der Waals surface area contributed by atoms with Crippen LogP contribution in [0.25, 0.3) is 0 Å². The van der Waals surface area contributed by atoms with Gasteiger partial charge in [0.15, 0.2) is 11.5 Å². The predicted octanol–water partition coefficient (Wildman–Crippen LogP) is 4.96. The van der Waals surface area contributed by atoms with Gasteiger partial charge < -0.3 is 14.8 Å². The Balaban J connectivity index is 2.21. The summed E-state index contributed by atoms with van der Waals surface area (Å²) in [6.07, 6.45) is 1.76. The number of nitrogens with one attached hydrogen (secondary N) is 1. The monoisotopic (exact) mass is 404 g/mol. The van der Waals surface area contributed by atoms with Crippen molar-refractivity contribution in [1.29, 1.82) is 0 Å². The van der Waals surface area contributed by atoms with Crippen molar-refractivity contribution in [3.8, 4) is 11.5 Å². The number of rotatable bonds is 7. The van der Waals surface area contributed by atoms with E-state index in [2.05, 4.69) is 26.2 Å². The van der Waals surface area contributed by atoms with Crippen LogP contribution in [0.1, 0.15) is 26.3 Å². The van der Waals surface area contributed by atoms with Gasteiger partial charge in [0.1, 0.15) is 0 Å². The lowest BCUT2D eigenvalue weighted by Crippen LogP contribution is -2.04. The van der Waals surface area contributed by atoms with Gasteiger partial charge in [-0.2, -0.15) is 0 Å². The van der Waals surface area contributed by atoms with Gasteiger partial charge in [0.2, 0.25) is 5.91 Å². The molecule has 0 radical (unpaired) electrons. The fourth-order valence-electron chi connectivity index (χ4n) is 2.19. The van der Waals surface area contributed by atoms with Crippen LogP contribution >= 0.6 is 15.9 Å². The lowest BCUT2D eigenvalue weighted by molar-refractivity contribution is -0.114. The lowest BCUT2D eigenvalue weighted by atomic mass is 10.2. The molecule has 0 saturated heterocycles. The zero-order valence-corrected chi connectivity index (χ0v) is 16.1. The first-order chi connectivity index (χ1) is 12.0. The second kappa shape index (κ2) is 9.22. The van der Waals surface area contributed by atoms with Gasteiger partial charge in [-0.25, -0.2) is 0 Å². The molecule has 0 heterocycles. The summed E-state index contributed by atoms with van der Waals surface area (Å²) in [5, 5.41) is 2.73. The largest absolute Gasteiger partial charge is 0.490 e. The van der Waals surface area contributed by atoms with Crippen molar-refractivity contribution in [3.05, 3.63) is 46.4 Å². The maximum atomic E-state index is 11.0. The summed E-state index contributed by atoms with van der Waals surface area (Å²) < 4.78 is 12.1. The Hall–Kier alpha value is -2.34. The number of hydrogen-bond acceptors (Lipinski definition) is 4. The molecule has 0 spiro atoms. The Morgan fingerprint density at radius 1 is 1.16 bits per heavy atom. The van der Waals surface area contributed by atoms with Crippen molar-refractivity contribution < 1.29 is 14.3 Å². The summed E-state index contributed by atoms with van der Waals surface area (Å²) in [4.78, 5) is 15.5. The second-order valence-electron chi connectivity index (χ2n) is 5.18. The number of carbonyl (C=O) groups excluding carboxylic acids is 1. The van der Waals surface area contributed by atoms with Crippen LogP contribution in [0.2, 0.25) is 0 Å². The smallest absolute Gasteiger partial charge is 0.221 e. The van der Waals surface area contributed by atoms with Crippen LogP contribution < -0.4 is 14.8 Å². The van der Waals surface area contributed by atoms with E-state index in [4.69, 9.17) is 9.47 Å². The highest BCUT2D eigenvalue weighted by molar-refractivity contribution is 9.10. The van der Waals surface area contributed by atoms with Crippen molar-refractivity contribution in [3.63, 3.8) is 0 Å². The molecular formula is C19H21BrN2O3. The number of carbonyl (C=O) groups is 1. The SMILES string of the molecule is CCOc1cc(C=Nc2ccc(NC(C)=O)cc2)cc(Br)c1OCC. The summed E-state index contributed by atoms with van der Waals surface area (Å²) in [7, 11) is 0. The molecule has 0 saturated carbocycles. The zero-order valence-electron chi connectivity index (χ0n) is 14.5. The van der Waals surface area contributed by atoms with Crippen LogP contribution in [-0.4, -0.2) is 25.3 Å². The van der Waals surface area contributed by atoms with E-state index in [1.807, 2.05) is 50.2 Å². The number of aliphatic imine (C=N–C) groups is 1. The highest BCUT2D eigenvalue weighted by Gasteiger charge is 2.11. The molecule has 1 amide bonds. The summed E-state index contributed by atoms with van der Waals surface area (Å²) in [6, 6.07) is 11.1. The number of nitrogens with zero attached hydrogens (tertiary/aromatic N) is 1. The Morgan fingerprint density at radius 3 is 2.44 bits per heavy atom. The average Bonchev–Trinajstić information content (AvgIpc) is 2.57. The van der Waals surface area contributed by atoms with Gasteiger partial charge in [0.25, 0.3) is 0 Å². The van der Waals surface area contributed by atoms with Crippen LogP contribution in [0.15, 0.2) is 45.9 Å². The first kappa shape index (κ1) is 19.0. The summed E-state index contributed by atoms with van der Waals surface area (Å²) >= 11 is 3.52. The average molecular weight is 405 g/mol. The maximum Gasteiger partial charge on any atom is 0.221 e. The van der Waals surface area contributed by atoms with Crippen molar-refractivity contribution in [1.82, 2.24) is 0 Å². The first-order valence-corrected chi connectivity index (χ1v) is 8.83. The molecule has 0 unspecified atom stereocenters. The van der Waals surface area contributed by atoms with Gasteiger partial charge >= 0.3 is 0 Å². The number of amides is 1. The van der Waals surface area contributed by atoms with Crippen LogP contribution in [0, 0.1) is 0 Å². The van der Waals surface area contributed by atoms with Crippen LogP contribution in [0.4, 0.5) is 11.4 Å². The molecule has 25 heavy (non-hydrogen) atoms. The molecule has 0 aliphatic heterocycles. The first-order valence-electron chi connectivity index (χ1n) is 8.04. The number of halogens is 1. The van der Waals surface area contributed by atoms with Crippen LogP contribution in [0.5, 0.6) is 11.5 Å². The number of benzene rings is 2. The maximum absolute atomic E-state index is 11.0. The second-order valence-corrected chi connectivity index (χ2v) is 6.04. The molecule has 2 aromatic rings. The van der Waals surface area contributed by atoms with E-state index in [1.54, 1.807) is 6.21 Å². The molecular weight excluding hydrogens is 384 g/mol. The molecule has 0 bridgehead atoms. The highest BCUT2D eigenvalue weighted by Crippen LogP contribution is 2.36. The van der Waals surface area contributed by atoms with Crippen molar-refractivity contribution in [2.75, 3.05) is 18.5 Å². The van der Waals surface area contributed by atoms with Gasteiger partial charge in [-0.1, -0.05) is 0 Å². The van der Waals surface area contributed by atoms with E-state index in [9.17, 15) is 4.79 Å². The molecule has 1 N–H and O–H groups in total. The third-order valence-corrected chi connectivity index (χ3v) is 3.76. The highest BCUT2D eigenvalue weighted by atomic mass is 79.9. The molecule has 0 aromatic heterocycles. The summed E-state index contributed by atoms with van der Waals surface area (Å²) in [6.45, 7) is 6.46. The molecule has 2 rings (SSSR count). The number of anilines is 1. The zero-order chi connectivity index (χ0) is 18.2. The van der Waals surface area contributed by atoms with Gasteiger partial charge in [-0.3, -0.25) is 9.79 Å². The van der Waals surface area contributed by atoms with Crippen LogP contribution in [0.3, 0.4) is 0 Å². The Labute approximate surface area is 156 Å². The molecule has 0 aliphatic carbocycles. The molecule has 0 aliphatic rings. The van der Waals surface area contributed by atoms with Gasteiger partial charge in [-0.05, 0) is 71.7 Å². The minimum Gasteiger partial charge on any atom is -0.490 e. The third-order valence-electron chi connectivity index (χ3n) is 3.17. The standard InChI is InChI=1S/C19H21BrN2O3/c1-4-24-18-11-14(10-17(20)19(18)25-5-2)12-21-15-6-8-16(9-7-15)22-13(3)23/h6-12H,4-5H2,1-3H3,(H,22,23). The molecule has 2 aromatic carbocycles. The molecule has 5 nitrogen and oxygen atoms in total. The Morgan fingerprint density at radius 2 is 1.84 bits per heavy atom. The predicted molar refractivity (Wildman–Crippen MR) is 104 cm³/mol. The third kappa shape index (κ3) is 5.60. The van der Waals surface area contributed by atoms with Gasteiger partial charge in [-0.15, -0.1) is 0 Å². The molecule has 6 heteroatoms. The van der Waals surface area contributed by atoms with Crippen LogP contribution in [-0.2, 0) is 4.79 Å². The van der Waals surface area contributed by atoms with E-state index in [0.717, 1.165) is 21.4 Å².